The highest BCUT2D eigenvalue weighted by atomic mass is 35.5. The molecule has 0 spiro atoms. The number of hydrogen-bond acceptors (Lipinski definition) is 3. The van der Waals surface area contributed by atoms with Gasteiger partial charge in [-0.2, -0.15) is 0 Å². The van der Waals surface area contributed by atoms with Gasteiger partial charge in [-0.15, -0.1) is 0 Å². The van der Waals surface area contributed by atoms with Gasteiger partial charge in [-0.1, -0.05) is 17.7 Å². The van der Waals surface area contributed by atoms with E-state index in [0.717, 1.165) is 25.2 Å². The molecule has 0 saturated carbocycles. The maximum atomic E-state index is 13.2. The number of nitrogens with one attached hydrogen (secondary N) is 1. The maximum absolute atomic E-state index is 13.2. The second-order valence-electron chi connectivity index (χ2n) is 4.23. The molecule has 0 bridgehead atoms. The Morgan fingerprint density at radius 2 is 2.17 bits per heavy atom. The monoisotopic (exact) mass is 274 g/mol. The van der Waals surface area contributed by atoms with Gasteiger partial charge in [0.05, 0.1) is 11.6 Å². The molecular formula is C13H20ClFN2O. The Kier molecular flexibility index (Phi) is 7.20. The van der Waals surface area contributed by atoms with Gasteiger partial charge in [0, 0.05) is 33.3 Å². The SMILES string of the molecule is COCCNCCN(C)Cc1ccc(Cl)c(F)c1. The van der Waals surface area contributed by atoms with Crippen LogP contribution < -0.4 is 5.32 Å². The van der Waals surface area contributed by atoms with Crippen molar-refractivity contribution in [2.45, 2.75) is 6.54 Å². The van der Waals surface area contributed by atoms with Crippen LogP contribution in [0.2, 0.25) is 5.02 Å². The van der Waals surface area contributed by atoms with Gasteiger partial charge in [-0.05, 0) is 24.7 Å². The maximum Gasteiger partial charge on any atom is 0.142 e. The Morgan fingerprint density at radius 1 is 1.39 bits per heavy atom. The number of ether oxygens (including phenoxy) is 1. The Morgan fingerprint density at radius 3 is 2.83 bits per heavy atom. The van der Waals surface area contributed by atoms with Crippen molar-refractivity contribution in [2.24, 2.45) is 0 Å². The molecule has 18 heavy (non-hydrogen) atoms. The molecular weight excluding hydrogens is 255 g/mol. The van der Waals surface area contributed by atoms with E-state index in [4.69, 9.17) is 16.3 Å². The fourth-order valence-corrected chi connectivity index (χ4v) is 1.72. The molecule has 1 N–H and O–H groups in total. The van der Waals surface area contributed by atoms with Crippen LogP contribution in [-0.2, 0) is 11.3 Å². The van der Waals surface area contributed by atoms with E-state index >= 15 is 0 Å². The highest BCUT2D eigenvalue weighted by Gasteiger charge is 2.04. The molecule has 0 heterocycles. The van der Waals surface area contributed by atoms with Crippen molar-refractivity contribution in [1.82, 2.24) is 10.2 Å². The van der Waals surface area contributed by atoms with Gasteiger partial charge < -0.3 is 15.0 Å². The number of rotatable bonds is 8. The average molecular weight is 275 g/mol. The highest BCUT2D eigenvalue weighted by Crippen LogP contribution is 2.16. The number of methoxy groups -OCH3 is 1. The van der Waals surface area contributed by atoms with Crippen LogP contribution in [0, 0.1) is 5.82 Å². The molecule has 0 unspecified atom stereocenters. The molecule has 1 aromatic carbocycles. The van der Waals surface area contributed by atoms with Gasteiger partial charge in [0.25, 0.3) is 0 Å². The lowest BCUT2D eigenvalue weighted by Gasteiger charge is -2.17. The molecule has 0 radical (unpaired) electrons. The molecule has 0 aromatic heterocycles. The van der Waals surface area contributed by atoms with Crippen LogP contribution in [0.4, 0.5) is 4.39 Å². The Balaban J connectivity index is 2.26. The van der Waals surface area contributed by atoms with Gasteiger partial charge in [0.2, 0.25) is 0 Å². The van der Waals surface area contributed by atoms with Gasteiger partial charge in [-0.25, -0.2) is 4.39 Å². The van der Waals surface area contributed by atoms with Gasteiger partial charge in [0.1, 0.15) is 5.82 Å². The third-order valence-corrected chi connectivity index (χ3v) is 2.90. The van der Waals surface area contributed by atoms with Gasteiger partial charge in [0.15, 0.2) is 0 Å². The third-order valence-electron chi connectivity index (χ3n) is 2.59. The molecule has 1 aromatic rings. The molecule has 0 fully saturated rings. The minimum atomic E-state index is -0.360. The third kappa shape index (κ3) is 5.78. The molecule has 0 aliphatic heterocycles. The number of halogens is 2. The first kappa shape index (κ1) is 15.4. The predicted molar refractivity (Wildman–Crippen MR) is 72.5 cm³/mol. The van der Waals surface area contributed by atoms with Crippen molar-refractivity contribution >= 4 is 11.6 Å². The summed E-state index contributed by atoms with van der Waals surface area (Å²) in [5, 5.41) is 3.43. The average Bonchev–Trinajstić information content (AvgIpc) is 2.34. The molecule has 0 amide bonds. The molecule has 1 rings (SSSR count). The van der Waals surface area contributed by atoms with Crippen molar-refractivity contribution in [2.75, 3.05) is 40.4 Å². The lowest BCUT2D eigenvalue weighted by Crippen LogP contribution is -2.30. The second kappa shape index (κ2) is 8.43. The van der Waals surface area contributed by atoms with Crippen molar-refractivity contribution in [3.05, 3.63) is 34.6 Å². The molecule has 0 aliphatic carbocycles. The summed E-state index contributed by atoms with van der Waals surface area (Å²) >= 11 is 5.64. The summed E-state index contributed by atoms with van der Waals surface area (Å²) in [4.78, 5) is 2.13. The highest BCUT2D eigenvalue weighted by molar-refractivity contribution is 6.30. The van der Waals surface area contributed by atoms with Crippen LogP contribution >= 0.6 is 11.6 Å². The van der Waals surface area contributed by atoms with E-state index in [1.807, 2.05) is 13.1 Å². The van der Waals surface area contributed by atoms with Gasteiger partial charge in [-0.3, -0.25) is 0 Å². The molecule has 0 atom stereocenters. The van der Waals surface area contributed by atoms with E-state index in [9.17, 15) is 4.39 Å². The summed E-state index contributed by atoms with van der Waals surface area (Å²) in [6, 6.07) is 4.92. The zero-order valence-corrected chi connectivity index (χ0v) is 11.6. The molecule has 0 saturated heterocycles. The summed E-state index contributed by atoms with van der Waals surface area (Å²) in [7, 11) is 3.69. The minimum absolute atomic E-state index is 0.169. The van der Waals surface area contributed by atoms with E-state index < -0.39 is 0 Å². The fraction of sp³-hybridized carbons (Fsp3) is 0.538. The van der Waals surface area contributed by atoms with Crippen molar-refractivity contribution in [3.8, 4) is 0 Å². The number of nitrogens with zero attached hydrogens (tertiary/aromatic N) is 1. The van der Waals surface area contributed by atoms with E-state index in [1.165, 1.54) is 6.07 Å². The van der Waals surface area contributed by atoms with Crippen molar-refractivity contribution < 1.29 is 9.13 Å². The van der Waals surface area contributed by atoms with E-state index in [1.54, 1.807) is 13.2 Å². The number of benzene rings is 1. The van der Waals surface area contributed by atoms with Crippen LogP contribution in [0.3, 0.4) is 0 Å². The Bertz CT molecular complexity index is 363. The number of likely N-dealkylation sites (N-methyl/N-ethyl adjacent to an activating group) is 1. The van der Waals surface area contributed by atoms with Crippen LogP contribution in [0.1, 0.15) is 5.56 Å². The lowest BCUT2D eigenvalue weighted by molar-refractivity contribution is 0.197. The smallest absolute Gasteiger partial charge is 0.142 e. The molecule has 0 aliphatic rings. The normalized spacial score (nSPS) is 11.2. The summed E-state index contributed by atoms with van der Waals surface area (Å²) in [5.74, 6) is -0.360. The summed E-state index contributed by atoms with van der Waals surface area (Å²) in [6.45, 7) is 4.05. The zero-order chi connectivity index (χ0) is 13.4. The van der Waals surface area contributed by atoms with E-state index in [-0.39, 0.29) is 10.8 Å². The Hall–Kier alpha value is -0.680. The molecule has 102 valence electrons. The van der Waals surface area contributed by atoms with Crippen molar-refractivity contribution in [3.63, 3.8) is 0 Å². The summed E-state index contributed by atoms with van der Waals surface area (Å²) < 4.78 is 18.2. The van der Waals surface area contributed by atoms with Crippen LogP contribution in [-0.4, -0.2) is 45.3 Å². The molecule has 5 heteroatoms. The van der Waals surface area contributed by atoms with E-state index in [0.29, 0.717) is 13.2 Å². The van der Waals surface area contributed by atoms with Crippen LogP contribution in [0.15, 0.2) is 18.2 Å². The lowest BCUT2D eigenvalue weighted by atomic mass is 10.2. The first-order chi connectivity index (χ1) is 8.63. The van der Waals surface area contributed by atoms with Crippen molar-refractivity contribution in [1.29, 1.82) is 0 Å². The summed E-state index contributed by atoms with van der Waals surface area (Å²) in [5.41, 5.74) is 0.927. The largest absolute Gasteiger partial charge is 0.383 e. The zero-order valence-electron chi connectivity index (χ0n) is 10.9. The second-order valence-corrected chi connectivity index (χ2v) is 4.64. The first-order valence-electron chi connectivity index (χ1n) is 5.95. The number of hydrogen-bond donors (Lipinski definition) is 1. The fourth-order valence-electron chi connectivity index (χ4n) is 1.60. The quantitative estimate of drug-likeness (QED) is 0.735. The minimum Gasteiger partial charge on any atom is -0.383 e. The predicted octanol–water partition coefficient (Wildman–Crippen LogP) is 2.15. The van der Waals surface area contributed by atoms with Gasteiger partial charge >= 0.3 is 0 Å². The van der Waals surface area contributed by atoms with Crippen LogP contribution in [0.5, 0.6) is 0 Å². The molecule has 3 nitrogen and oxygen atoms in total. The van der Waals surface area contributed by atoms with E-state index in [2.05, 4.69) is 10.2 Å². The Labute approximate surface area is 113 Å². The first-order valence-corrected chi connectivity index (χ1v) is 6.33. The topological polar surface area (TPSA) is 24.5 Å². The standard InChI is InChI=1S/C13H20ClFN2O/c1-17(7-5-16-6-8-18-2)10-11-3-4-12(14)13(15)9-11/h3-4,9,16H,5-8,10H2,1-2H3. The summed E-state index contributed by atoms with van der Waals surface area (Å²) in [6.07, 6.45) is 0. The van der Waals surface area contributed by atoms with Crippen LogP contribution in [0.25, 0.3) is 0 Å².